The number of furan rings is 1. The molecule has 0 saturated carbocycles. The number of amides is 2. The number of piperidine rings is 1. The van der Waals surface area contributed by atoms with Gasteiger partial charge in [0.15, 0.2) is 5.76 Å². The molecule has 0 radical (unpaired) electrons. The minimum absolute atomic E-state index is 0.0312. The number of carbonyl (C=O) groups is 2. The number of aryl methyl sites for hydroxylation is 1. The first-order valence-corrected chi connectivity index (χ1v) is 11.3. The number of anilines is 1. The Kier molecular flexibility index (Phi) is 6.88. The molecule has 1 fully saturated rings. The molecule has 9 heteroatoms. The average Bonchev–Trinajstić information content (AvgIpc) is 3.52. The highest BCUT2D eigenvalue weighted by Crippen LogP contribution is 2.23. The zero-order valence-electron chi connectivity index (χ0n) is 19.2. The lowest BCUT2D eigenvalue weighted by molar-refractivity contribution is 0.0659. The summed E-state index contributed by atoms with van der Waals surface area (Å²) in [5.41, 5.74) is 2.94. The Labute approximate surface area is 193 Å². The molecule has 1 aliphatic rings. The summed E-state index contributed by atoms with van der Waals surface area (Å²) in [6.07, 6.45) is 5.41. The molecule has 0 bridgehead atoms. The van der Waals surface area contributed by atoms with Gasteiger partial charge in [0.05, 0.1) is 18.2 Å². The second-order valence-electron chi connectivity index (χ2n) is 8.60. The van der Waals surface area contributed by atoms with E-state index >= 15 is 0 Å². The summed E-state index contributed by atoms with van der Waals surface area (Å²) < 4.78 is 7.03. The first-order valence-electron chi connectivity index (χ1n) is 11.3. The molecule has 33 heavy (non-hydrogen) atoms. The van der Waals surface area contributed by atoms with E-state index in [1.54, 1.807) is 18.2 Å². The molecule has 9 nitrogen and oxygen atoms in total. The van der Waals surface area contributed by atoms with E-state index in [1.165, 1.54) is 6.26 Å². The maximum absolute atomic E-state index is 13.3. The van der Waals surface area contributed by atoms with Gasteiger partial charge in [-0.1, -0.05) is 11.3 Å². The molecule has 4 rings (SSSR count). The normalized spacial score (nSPS) is 17.1. The van der Waals surface area contributed by atoms with Crippen molar-refractivity contribution in [3.8, 4) is 0 Å². The monoisotopic (exact) mass is 450 g/mol. The molecule has 2 unspecified atom stereocenters. The summed E-state index contributed by atoms with van der Waals surface area (Å²) in [7, 11) is 1.90. The lowest BCUT2D eigenvalue weighted by Gasteiger charge is -2.33. The van der Waals surface area contributed by atoms with Crippen LogP contribution in [0.4, 0.5) is 5.69 Å². The van der Waals surface area contributed by atoms with Gasteiger partial charge < -0.3 is 20.0 Å². The number of aromatic nitrogens is 3. The SMILES string of the molecule is CNC(C)c1cn(CC2CCCN(C(=O)c3ccc(C)c(NC(=O)c4ccco4)c3)C2)nn1. The van der Waals surface area contributed by atoms with Crippen LogP contribution in [-0.2, 0) is 6.54 Å². The van der Waals surface area contributed by atoms with Crippen molar-refractivity contribution >= 4 is 17.5 Å². The topological polar surface area (TPSA) is 105 Å². The molecule has 2 amide bonds. The van der Waals surface area contributed by atoms with E-state index < -0.39 is 0 Å². The zero-order chi connectivity index (χ0) is 23.4. The fourth-order valence-electron chi connectivity index (χ4n) is 4.08. The van der Waals surface area contributed by atoms with Crippen molar-refractivity contribution < 1.29 is 14.0 Å². The Morgan fingerprint density at radius 1 is 1.30 bits per heavy atom. The van der Waals surface area contributed by atoms with E-state index in [0.717, 1.165) is 37.2 Å². The molecule has 2 N–H and O–H groups in total. The first-order chi connectivity index (χ1) is 15.9. The van der Waals surface area contributed by atoms with Crippen molar-refractivity contribution in [3.05, 3.63) is 65.4 Å². The van der Waals surface area contributed by atoms with Gasteiger partial charge in [-0.2, -0.15) is 0 Å². The molecular formula is C24H30N6O3. The summed E-state index contributed by atoms with van der Waals surface area (Å²) in [5, 5.41) is 14.5. The number of carbonyl (C=O) groups excluding carboxylic acids is 2. The van der Waals surface area contributed by atoms with Gasteiger partial charge >= 0.3 is 0 Å². The summed E-state index contributed by atoms with van der Waals surface area (Å²) >= 11 is 0. The smallest absolute Gasteiger partial charge is 0.291 e. The number of rotatable bonds is 7. The first kappa shape index (κ1) is 22.7. The minimum Gasteiger partial charge on any atom is -0.459 e. The van der Waals surface area contributed by atoms with Gasteiger partial charge in [0.1, 0.15) is 0 Å². The van der Waals surface area contributed by atoms with Crippen molar-refractivity contribution in [1.82, 2.24) is 25.2 Å². The minimum atomic E-state index is -0.342. The van der Waals surface area contributed by atoms with Crippen molar-refractivity contribution in [2.75, 3.05) is 25.5 Å². The fraction of sp³-hybridized carbons (Fsp3) is 0.417. The maximum atomic E-state index is 13.3. The van der Waals surface area contributed by atoms with Gasteiger partial charge in [-0.3, -0.25) is 14.3 Å². The van der Waals surface area contributed by atoms with Crippen molar-refractivity contribution in [2.24, 2.45) is 5.92 Å². The second kappa shape index (κ2) is 9.99. The molecular weight excluding hydrogens is 420 g/mol. The van der Waals surface area contributed by atoms with Crippen molar-refractivity contribution in [3.63, 3.8) is 0 Å². The predicted octanol–water partition coefficient (Wildman–Crippen LogP) is 3.26. The molecule has 3 aromatic rings. The van der Waals surface area contributed by atoms with E-state index in [2.05, 4.69) is 20.9 Å². The van der Waals surface area contributed by atoms with Crippen LogP contribution in [0.25, 0.3) is 0 Å². The Hall–Kier alpha value is -3.46. The Bertz CT molecular complexity index is 1110. The Balaban J connectivity index is 1.42. The number of hydrogen-bond donors (Lipinski definition) is 2. The Morgan fingerprint density at radius 2 is 2.15 bits per heavy atom. The summed E-state index contributed by atoms with van der Waals surface area (Å²) in [5.74, 6) is 0.165. The van der Waals surface area contributed by atoms with Gasteiger partial charge in [0, 0.05) is 36.9 Å². The molecule has 2 atom stereocenters. The van der Waals surface area contributed by atoms with Crippen LogP contribution in [0.15, 0.2) is 47.2 Å². The van der Waals surface area contributed by atoms with Crippen LogP contribution in [-0.4, -0.2) is 51.8 Å². The highest BCUT2D eigenvalue weighted by Gasteiger charge is 2.26. The number of benzene rings is 1. The maximum Gasteiger partial charge on any atom is 0.291 e. The highest BCUT2D eigenvalue weighted by molar-refractivity contribution is 6.03. The van der Waals surface area contributed by atoms with Crippen LogP contribution in [0.5, 0.6) is 0 Å². The molecule has 0 aliphatic carbocycles. The van der Waals surface area contributed by atoms with Crippen molar-refractivity contribution in [2.45, 2.75) is 39.3 Å². The van der Waals surface area contributed by atoms with E-state index in [9.17, 15) is 9.59 Å². The van der Waals surface area contributed by atoms with Crippen LogP contribution in [0.1, 0.15) is 58.0 Å². The lowest BCUT2D eigenvalue weighted by Crippen LogP contribution is -2.41. The summed E-state index contributed by atoms with van der Waals surface area (Å²) in [6, 6.07) is 8.82. The largest absolute Gasteiger partial charge is 0.459 e. The molecule has 174 valence electrons. The standard InChI is InChI=1S/C24H30N6O3/c1-16-8-9-19(12-20(16)26-23(31)22-7-5-11-33-22)24(32)29-10-4-6-18(13-29)14-30-15-21(27-28-30)17(2)25-3/h5,7-9,11-12,15,17-18,25H,4,6,10,13-14H2,1-3H3,(H,26,31). The quantitative estimate of drug-likeness (QED) is 0.572. The third-order valence-corrected chi connectivity index (χ3v) is 6.16. The third-order valence-electron chi connectivity index (χ3n) is 6.16. The van der Waals surface area contributed by atoms with Crippen LogP contribution < -0.4 is 10.6 Å². The van der Waals surface area contributed by atoms with E-state index in [4.69, 9.17) is 4.42 Å². The van der Waals surface area contributed by atoms with Crippen molar-refractivity contribution in [1.29, 1.82) is 0 Å². The summed E-state index contributed by atoms with van der Waals surface area (Å²) in [4.78, 5) is 27.5. The van der Waals surface area contributed by atoms with Crippen LogP contribution in [0, 0.1) is 12.8 Å². The number of hydrogen-bond acceptors (Lipinski definition) is 6. The predicted molar refractivity (Wildman–Crippen MR) is 124 cm³/mol. The van der Waals surface area contributed by atoms with Gasteiger partial charge in [-0.15, -0.1) is 5.10 Å². The third kappa shape index (κ3) is 5.31. The molecule has 3 heterocycles. The molecule has 2 aromatic heterocycles. The van der Waals surface area contributed by atoms with Gasteiger partial charge in [0.25, 0.3) is 11.8 Å². The summed E-state index contributed by atoms with van der Waals surface area (Å²) in [6.45, 7) is 6.05. The highest BCUT2D eigenvalue weighted by atomic mass is 16.3. The average molecular weight is 451 g/mol. The lowest BCUT2D eigenvalue weighted by atomic mass is 9.97. The fourth-order valence-corrected chi connectivity index (χ4v) is 4.08. The van der Waals surface area contributed by atoms with E-state index in [1.807, 2.05) is 48.8 Å². The van der Waals surface area contributed by atoms with E-state index in [-0.39, 0.29) is 23.6 Å². The number of nitrogens with one attached hydrogen (secondary N) is 2. The molecule has 0 spiro atoms. The van der Waals surface area contributed by atoms with E-state index in [0.29, 0.717) is 23.7 Å². The van der Waals surface area contributed by atoms with Crippen LogP contribution in [0.2, 0.25) is 0 Å². The molecule has 1 saturated heterocycles. The number of nitrogens with zero attached hydrogens (tertiary/aromatic N) is 4. The number of likely N-dealkylation sites (tertiary alicyclic amines) is 1. The zero-order valence-corrected chi connectivity index (χ0v) is 19.2. The van der Waals surface area contributed by atoms with Crippen LogP contribution >= 0.6 is 0 Å². The van der Waals surface area contributed by atoms with Gasteiger partial charge in [0.2, 0.25) is 0 Å². The van der Waals surface area contributed by atoms with Gasteiger partial charge in [-0.25, -0.2) is 0 Å². The molecule has 1 aliphatic heterocycles. The molecule has 1 aromatic carbocycles. The Morgan fingerprint density at radius 3 is 2.91 bits per heavy atom. The van der Waals surface area contributed by atoms with Gasteiger partial charge in [-0.05, 0) is 69.5 Å². The second-order valence-corrected chi connectivity index (χ2v) is 8.60. The van der Waals surface area contributed by atoms with Crippen LogP contribution in [0.3, 0.4) is 0 Å².